The molecule has 4 nitrogen and oxygen atoms in total. The first-order valence-electron chi connectivity index (χ1n) is 10.3. The van der Waals surface area contributed by atoms with E-state index in [9.17, 15) is 4.79 Å². The van der Waals surface area contributed by atoms with Gasteiger partial charge in [0.05, 0.1) is 0 Å². The molecule has 176 valence electrons. The fourth-order valence-corrected chi connectivity index (χ4v) is 1.87. The highest BCUT2D eigenvalue weighted by atomic mass is 35.5. The standard InChI is InChI=1S/C8H9Cl.C7H7Cl.C5H11NO.C4H11N.CH2O/c1-2-7-3-5-8(9)6-4-7;1-6-2-4-7(8)5-3-6;1-6-4-2-3-5-7;1-4(2)5-3;1-2/h3-6H,2H2,1H3;2-5H,1H3;5-6H,2-4H2,1H3;4-5H,1-3H3;1H2. The van der Waals surface area contributed by atoms with Crippen LogP contribution in [0.1, 0.15) is 44.7 Å². The lowest BCUT2D eigenvalue weighted by molar-refractivity contribution is -0.107. The van der Waals surface area contributed by atoms with Crippen molar-refractivity contribution in [2.45, 2.75) is 53.0 Å². The van der Waals surface area contributed by atoms with Crippen LogP contribution in [-0.4, -0.2) is 39.8 Å². The fraction of sp³-hybridized carbons (Fsp3) is 0.440. The smallest absolute Gasteiger partial charge is 0.120 e. The lowest BCUT2D eigenvalue weighted by Gasteiger charge is -1.95. The summed E-state index contributed by atoms with van der Waals surface area (Å²) in [4.78, 5) is 17.7. The van der Waals surface area contributed by atoms with E-state index >= 15 is 0 Å². The lowest BCUT2D eigenvalue weighted by Crippen LogP contribution is -2.15. The van der Waals surface area contributed by atoms with Crippen molar-refractivity contribution < 1.29 is 9.59 Å². The summed E-state index contributed by atoms with van der Waals surface area (Å²) in [5.41, 5.74) is 2.58. The Morgan fingerprint density at radius 2 is 1.35 bits per heavy atom. The van der Waals surface area contributed by atoms with Crippen LogP contribution in [0.2, 0.25) is 10.0 Å². The minimum atomic E-state index is 0.634. The zero-order valence-corrected chi connectivity index (χ0v) is 21.4. The number of hydrogen-bond donors (Lipinski definition) is 2. The van der Waals surface area contributed by atoms with E-state index < -0.39 is 0 Å². The van der Waals surface area contributed by atoms with Gasteiger partial charge in [-0.25, -0.2) is 0 Å². The first-order chi connectivity index (χ1) is 14.8. The van der Waals surface area contributed by atoms with Gasteiger partial charge in [-0.15, -0.1) is 0 Å². The van der Waals surface area contributed by atoms with Gasteiger partial charge in [-0.1, -0.05) is 73.8 Å². The molecule has 2 rings (SSSR count). The van der Waals surface area contributed by atoms with E-state index in [-0.39, 0.29) is 0 Å². The van der Waals surface area contributed by atoms with Crippen LogP contribution in [-0.2, 0) is 16.0 Å². The van der Waals surface area contributed by atoms with Crippen molar-refractivity contribution in [2.24, 2.45) is 0 Å². The van der Waals surface area contributed by atoms with Gasteiger partial charge in [0.15, 0.2) is 0 Å². The first-order valence-corrected chi connectivity index (χ1v) is 11.1. The SMILES string of the molecule is C=O.CCc1ccc(Cl)cc1.CNC(C)C.CNCCCC=O.Cc1ccc(Cl)cc1. The van der Waals surface area contributed by atoms with E-state index in [1.54, 1.807) is 0 Å². The van der Waals surface area contributed by atoms with E-state index in [0.717, 1.165) is 35.7 Å². The number of unbranched alkanes of at least 4 members (excludes halogenated alkanes) is 1. The van der Waals surface area contributed by atoms with Gasteiger partial charge < -0.3 is 20.2 Å². The number of benzene rings is 2. The molecule has 2 N–H and O–H groups in total. The number of carbonyl (C=O) groups excluding carboxylic acids is 2. The molecule has 0 saturated carbocycles. The summed E-state index contributed by atoms with van der Waals surface area (Å²) >= 11 is 11.3. The third kappa shape index (κ3) is 28.3. The highest BCUT2D eigenvalue weighted by Crippen LogP contribution is 2.09. The summed E-state index contributed by atoms with van der Waals surface area (Å²) in [6, 6.07) is 16.3. The molecule has 2 aromatic rings. The molecule has 2 aromatic carbocycles. The third-order valence-electron chi connectivity index (χ3n) is 3.66. The summed E-state index contributed by atoms with van der Waals surface area (Å²) in [6.45, 7) is 11.3. The quantitative estimate of drug-likeness (QED) is 0.391. The van der Waals surface area contributed by atoms with Crippen LogP contribution in [0.5, 0.6) is 0 Å². The summed E-state index contributed by atoms with van der Waals surface area (Å²) < 4.78 is 0. The molecule has 0 saturated heterocycles. The van der Waals surface area contributed by atoms with Crippen LogP contribution >= 0.6 is 23.2 Å². The Hall–Kier alpha value is -1.72. The van der Waals surface area contributed by atoms with Crippen molar-refractivity contribution in [2.75, 3.05) is 20.6 Å². The second kappa shape index (κ2) is 26.3. The van der Waals surface area contributed by atoms with Crippen molar-refractivity contribution in [1.82, 2.24) is 10.6 Å². The molecule has 0 aromatic heterocycles. The second-order valence-electron chi connectivity index (χ2n) is 6.63. The van der Waals surface area contributed by atoms with E-state index in [2.05, 4.69) is 31.4 Å². The molecule has 0 atom stereocenters. The summed E-state index contributed by atoms with van der Waals surface area (Å²) in [6.07, 6.45) is 3.66. The highest BCUT2D eigenvalue weighted by molar-refractivity contribution is 6.30. The number of hydrogen-bond acceptors (Lipinski definition) is 4. The number of nitrogens with one attached hydrogen (secondary N) is 2. The van der Waals surface area contributed by atoms with Gasteiger partial charge in [0.2, 0.25) is 0 Å². The van der Waals surface area contributed by atoms with Crippen LogP contribution in [0, 0.1) is 6.92 Å². The Kier molecular flexibility index (Phi) is 28.8. The number of rotatable bonds is 6. The van der Waals surface area contributed by atoms with Gasteiger partial charge in [-0.05, 0) is 70.2 Å². The average Bonchev–Trinajstić information content (AvgIpc) is 2.79. The topological polar surface area (TPSA) is 58.2 Å². The number of aldehydes is 1. The van der Waals surface area contributed by atoms with Crippen LogP contribution in [0.15, 0.2) is 48.5 Å². The highest BCUT2D eigenvalue weighted by Gasteiger charge is 1.86. The van der Waals surface area contributed by atoms with Crippen molar-refractivity contribution in [3.05, 3.63) is 69.7 Å². The van der Waals surface area contributed by atoms with Gasteiger partial charge in [0.1, 0.15) is 13.1 Å². The molecule has 0 aliphatic heterocycles. The zero-order valence-electron chi connectivity index (χ0n) is 19.9. The molecule has 31 heavy (non-hydrogen) atoms. The summed E-state index contributed by atoms with van der Waals surface area (Å²) in [7, 11) is 3.83. The van der Waals surface area contributed by atoms with E-state index in [0.29, 0.717) is 12.5 Å². The number of halogens is 2. The van der Waals surface area contributed by atoms with Crippen LogP contribution in [0.4, 0.5) is 0 Å². The Balaban J connectivity index is -0.000000335. The lowest BCUT2D eigenvalue weighted by atomic mass is 10.2. The number of carbonyl (C=O) groups is 2. The van der Waals surface area contributed by atoms with Crippen molar-refractivity contribution in [3.8, 4) is 0 Å². The molecule has 0 bridgehead atoms. The van der Waals surface area contributed by atoms with Crippen molar-refractivity contribution >= 4 is 36.3 Å². The average molecular weight is 472 g/mol. The largest absolute Gasteiger partial charge is 0.320 e. The zero-order chi connectivity index (χ0) is 24.5. The van der Waals surface area contributed by atoms with Crippen LogP contribution in [0.25, 0.3) is 0 Å². The number of aryl methyl sites for hydroxylation is 2. The first kappa shape index (κ1) is 33.9. The molecule has 0 spiro atoms. The molecular weight excluding hydrogens is 431 g/mol. The van der Waals surface area contributed by atoms with E-state index in [4.69, 9.17) is 28.0 Å². The maximum absolute atomic E-state index is 9.65. The molecule has 0 radical (unpaired) electrons. The van der Waals surface area contributed by atoms with Gasteiger partial charge >= 0.3 is 0 Å². The Morgan fingerprint density at radius 1 is 0.935 bits per heavy atom. The van der Waals surface area contributed by atoms with Gasteiger partial charge in [0.25, 0.3) is 0 Å². The molecule has 0 aliphatic carbocycles. The summed E-state index contributed by atoms with van der Waals surface area (Å²) in [5, 5.41) is 7.59. The molecule has 6 heteroatoms. The molecule has 0 amide bonds. The van der Waals surface area contributed by atoms with E-state index in [1.165, 1.54) is 11.1 Å². The maximum atomic E-state index is 9.65. The van der Waals surface area contributed by atoms with Crippen LogP contribution < -0.4 is 10.6 Å². The summed E-state index contributed by atoms with van der Waals surface area (Å²) in [5.74, 6) is 0. The molecule has 0 heterocycles. The van der Waals surface area contributed by atoms with Gasteiger partial charge in [0, 0.05) is 22.5 Å². The Labute approximate surface area is 199 Å². The molecule has 0 unspecified atom stereocenters. The predicted molar refractivity (Wildman–Crippen MR) is 138 cm³/mol. The van der Waals surface area contributed by atoms with Gasteiger partial charge in [-0.2, -0.15) is 0 Å². The monoisotopic (exact) mass is 470 g/mol. The van der Waals surface area contributed by atoms with Crippen molar-refractivity contribution in [3.63, 3.8) is 0 Å². The van der Waals surface area contributed by atoms with E-state index in [1.807, 2.05) is 76.3 Å². The third-order valence-corrected chi connectivity index (χ3v) is 4.16. The second-order valence-corrected chi connectivity index (χ2v) is 7.50. The molecule has 0 fully saturated rings. The van der Waals surface area contributed by atoms with Gasteiger partial charge in [-0.3, -0.25) is 0 Å². The maximum Gasteiger partial charge on any atom is 0.120 e. The fourth-order valence-electron chi connectivity index (χ4n) is 1.62. The molecular formula is C25H40Cl2N2O2. The van der Waals surface area contributed by atoms with Crippen molar-refractivity contribution in [1.29, 1.82) is 0 Å². The Bertz CT molecular complexity index is 597. The minimum Gasteiger partial charge on any atom is -0.320 e. The molecule has 0 aliphatic rings. The van der Waals surface area contributed by atoms with Crippen LogP contribution in [0.3, 0.4) is 0 Å². The Morgan fingerprint density at radius 3 is 1.65 bits per heavy atom. The normalized spacial score (nSPS) is 8.81. The minimum absolute atomic E-state index is 0.634. The predicted octanol–water partition coefficient (Wildman–Crippen LogP) is 6.17.